The predicted molar refractivity (Wildman–Crippen MR) is 105 cm³/mol. The van der Waals surface area contributed by atoms with Crippen LogP contribution in [-0.4, -0.2) is 26.9 Å². The summed E-state index contributed by atoms with van der Waals surface area (Å²) in [7, 11) is 0. The number of nitrogens with zero attached hydrogens (tertiary/aromatic N) is 2. The molecule has 6 nitrogen and oxygen atoms in total. The van der Waals surface area contributed by atoms with Gasteiger partial charge in [0, 0.05) is 17.1 Å². The van der Waals surface area contributed by atoms with Crippen LogP contribution in [0.4, 0.5) is 18.9 Å². The quantitative estimate of drug-likeness (QED) is 0.601. The molecule has 3 aromatic rings. The third-order valence-electron chi connectivity index (χ3n) is 4.31. The minimum atomic E-state index is -4.49. The van der Waals surface area contributed by atoms with Gasteiger partial charge in [-0.05, 0) is 36.1 Å². The van der Waals surface area contributed by atoms with Crippen LogP contribution in [0.15, 0.2) is 36.7 Å². The van der Waals surface area contributed by atoms with Gasteiger partial charge >= 0.3 is 6.18 Å². The van der Waals surface area contributed by atoms with Crippen molar-refractivity contribution in [2.75, 3.05) is 5.32 Å². The number of H-pyrrole nitrogens is 1. The number of hydrogen-bond acceptors (Lipinski definition) is 4. The van der Waals surface area contributed by atoms with E-state index in [0.717, 1.165) is 6.07 Å². The van der Waals surface area contributed by atoms with Gasteiger partial charge in [-0.2, -0.15) is 13.2 Å². The van der Waals surface area contributed by atoms with Gasteiger partial charge in [0.05, 0.1) is 23.6 Å². The maximum Gasteiger partial charge on any atom is 0.431 e. The lowest BCUT2D eigenvalue weighted by Gasteiger charge is -2.22. The van der Waals surface area contributed by atoms with Crippen molar-refractivity contribution in [1.29, 1.82) is 0 Å². The molecule has 4 N–H and O–H groups in total. The van der Waals surface area contributed by atoms with E-state index in [1.165, 1.54) is 12.4 Å². The van der Waals surface area contributed by atoms with Crippen molar-refractivity contribution in [2.24, 2.45) is 11.1 Å². The number of rotatable bonds is 4. The summed E-state index contributed by atoms with van der Waals surface area (Å²) in [6.45, 7) is 5.99. The van der Waals surface area contributed by atoms with Crippen molar-refractivity contribution in [1.82, 2.24) is 15.0 Å². The average molecular weight is 405 g/mol. The Hall–Kier alpha value is -2.94. The number of carbonyl (C=O) groups is 1. The largest absolute Gasteiger partial charge is 0.431 e. The highest BCUT2D eigenvalue weighted by Crippen LogP contribution is 2.34. The lowest BCUT2D eigenvalue weighted by Crippen LogP contribution is -2.38. The van der Waals surface area contributed by atoms with Crippen LogP contribution in [0, 0.1) is 5.41 Å². The molecule has 0 unspecified atom stereocenters. The van der Waals surface area contributed by atoms with Crippen LogP contribution in [0.1, 0.15) is 32.9 Å². The zero-order valence-corrected chi connectivity index (χ0v) is 16.3. The van der Waals surface area contributed by atoms with E-state index in [9.17, 15) is 18.0 Å². The Balaban J connectivity index is 1.82. The molecule has 3 rings (SSSR count). The van der Waals surface area contributed by atoms with E-state index < -0.39 is 17.9 Å². The fourth-order valence-corrected chi connectivity index (χ4v) is 3.02. The fraction of sp³-hybridized carbons (Fsp3) is 0.350. The summed E-state index contributed by atoms with van der Waals surface area (Å²) < 4.78 is 38.9. The summed E-state index contributed by atoms with van der Waals surface area (Å²) in [5.74, 6) is -0.318. The SMILES string of the molecule is CC(C)(C)C[C@@H](N)C(=O)Nc1ccc(-c2ccnc3[nH]c(C(F)(F)F)cc23)nc1. The maximum absolute atomic E-state index is 13.0. The minimum absolute atomic E-state index is 0.0859. The third-order valence-corrected chi connectivity index (χ3v) is 4.31. The molecule has 0 aliphatic rings. The molecule has 0 aliphatic carbocycles. The molecule has 3 heterocycles. The number of nitrogens with one attached hydrogen (secondary N) is 2. The lowest BCUT2D eigenvalue weighted by atomic mass is 9.88. The number of aromatic amines is 1. The standard InChI is InChI=1S/C20H22F3N5O/c1-19(2,3)9-14(24)18(29)27-11-4-5-15(26-10-11)12-6-7-25-17-13(12)8-16(28-17)20(21,22)23/h4-8,10,14H,9,24H2,1-3H3,(H,25,28)(H,27,29)/t14-/m1/s1. The summed E-state index contributed by atoms with van der Waals surface area (Å²) in [6, 6.07) is 5.21. The van der Waals surface area contributed by atoms with Gasteiger partial charge in [-0.3, -0.25) is 9.78 Å². The summed E-state index contributed by atoms with van der Waals surface area (Å²) in [5.41, 5.74) is 6.53. The smallest absolute Gasteiger partial charge is 0.336 e. The van der Waals surface area contributed by atoms with Crippen LogP contribution in [0.25, 0.3) is 22.3 Å². The van der Waals surface area contributed by atoms with E-state index in [2.05, 4.69) is 20.3 Å². The van der Waals surface area contributed by atoms with Crippen LogP contribution in [-0.2, 0) is 11.0 Å². The number of alkyl halides is 3. The molecule has 0 saturated carbocycles. The average Bonchev–Trinajstić information content (AvgIpc) is 3.05. The van der Waals surface area contributed by atoms with E-state index in [1.807, 2.05) is 20.8 Å². The number of amides is 1. The van der Waals surface area contributed by atoms with Crippen LogP contribution in [0.2, 0.25) is 0 Å². The Morgan fingerprint density at radius 1 is 1.21 bits per heavy atom. The first-order chi connectivity index (χ1) is 13.4. The Labute approximate surface area is 165 Å². The molecule has 0 fully saturated rings. The van der Waals surface area contributed by atoms with Gasteiger partial charge < -0.3 is 16.0 Å². The number of anilines is 1. The first-order valence-corrected chi connectivity index (χ1v) is 9.02. The summed E-state index contributed by atoms with van der Waals surface area (Å²) in [5, 5.41) is 3.03. The van der Waals surface area contributed by atoms with Gasteiger partial charge in [0.15, 0.2) is 0 Å². The Bertz CT molecular complexity index is 1020. The highest BCUT2D eigenvalue weighted by Gasteiger charge is 2.33. The number of carbonyl (C=O) groups excluding carboxylic acids is 1. The van der Waals surface area contributed by atoms with Gasteiger partial charge in [-0.1, -0.05) is 20.8 Å². The van der Waals surface area contributed by atoms with Crippen LogP contribution in [0.5, 0.6) is 0 Å². The van der Waals surface area contributed by atoms with E-state index >= 15 is 0 Å². The van der Waals surface area contributed by atoms with Crippen LogP contribution >= 0.6 is 0 Å². The van der Waals surface area contributed by atoms with Crippen molar-refractivity contribution in [3.8, 4) is 11.3 Å². The number of hydrogen-bond donors (Lipinski definition) is 3. The molecule has 0 spiro atoms. The molecule has 3 aromatic heterocycles. The molecule has 0 saturated heterocycles. The Kier molecular flexibility index (Phi) is 5.36. The number of aromatic nitrogens is 3. The van der Waals surface area contributed by atoms with Crippen molar-refractivity contribution in [2.45, 2.75) is 39.4 Å². The molecule has 154 valence electrons. The number of halogens is 3. The molecule has 0 aromatic carbocycles. The highest BCUT2D eigenvalue weighted by atomic mass is 19.4. The molecular weight excluding hydrogens is 383 g/mol. The molecular formula is C20H22F3N5O. The highest BCUT2D eigenvalue weighted by molar-refractivity contribution is 5.95. The summed E-state index contributed by atoms with van der Waals surface area (Å²) in [6.07, 6.45) is -1.11. The predicted octanol–water partition coefficient (Wildman–Crippen LogP) is 4.35. The minimum Gasteiger partial charge on any atom is -0.336 e. The van der Waals surface area contributed by atoms with Crippen molar-refractivity contribution < 1.29 is 18.0 Å². The Morgan fingerprint density at radius 3 is 2.52 bits per heavy atom. The maximum atomic E-state index is 13.0. The first-order valence-electron chi connectivity index (χ1n) is 9.02. The van der Waals surface area contributed by atoms with Gasteiger partial charge in [0.1, 0.15) is 11.3 Å². The van der Waals surface area contributed by atoms with Crippen LogP contribution in [0.3, 0.4) is 0 Å². The number of nitrogens with two attached hydrogens (primary N) is 1. The van der Waals surface area contributed by atoms with Crippen molar-refractivity contribution in [3.05, 3.63) is 42.4 Å². The van der Waals surface area contributed by atoms with Crippen molar-refractivity contribution in [3.63, 3.8) is 0 Å². The summed E-state index contributed by atoms with van der Waals surface area (Å²) in [4.78, 5) is 22.7. The van der Waals surface area contributed by atoms with E-state index in [1.54, 1.807) is 18.2 Å². The topological polar surface area (TPSA) is 96.7 Å². The second-order valence-electron chi connectivity index (χ2n) is 8.09. The molecule has 0 bridgehead atoms. The Morgan fingerprint density at radius 2 is 1.93 bits per heavy atom. The normalized spacial score (nSPS) is 13.5. The van der Waals surface area contributed by atoms with E-state index in [-0.39, 0.29) is 17.0 Å². The van der Waals surface area contributed by atoms with E-state index in [4.69, 9.17) is 5.73 Å². The van der Waals surface area contributed by atoms with Gasteiger partial charge in [0.25, 0.3) is 0 Å². The molecule has 1 amide bonds. The molecule has 9 heteroatoms. The monoisotopic (exact) mass is 405 g/mol. The second-order valence-corrected chi connectivity index (χ2v) is 8.09. The molecule has 29 heavy (non-hydrogen) atoms. The molecule has 1 atom stereocenters. The zero-order chi connectivity index (χ0) is 21.4. The van der Waals surface area contributed by atoms with Gasteiger partial charge in [-0.25, -0.2) is 4.98 Å². The summed E-state index contributed by atoms with van der Waals surface area (Å²) >= 11 is 0. The third kappa shape index (κ3) is 4.92. The molecule has 0 radical (unpaired) electrons. The first kappa shape index (κ1) is 20.8. The second kappa shape index (κ2) is 7.47. The fourth-order valence-electron chi connectivity index (χ4n) is 3.02. The van der Waals surface area contributed by atoms with Gasteiger partial charge in [0.2, 0.25) is 5.91 Å². The number of fused-ring (bicyclic) bond motifs is 1. The number of pyridine rings is 2. The molecule has 0 aliphatic heterocycles. The van der Waals surface area contributed by atoms with Gasteiger partial charge in [-0.15, -0.1) is 0 Å². The van der Waals surface area contributed by atoms with Crippen molar-refractivity contribution >= 4 is 22.6 Å². The van der Waals surface area contributed by atoms with E-state index in [0.29, 0.717) is 28.8 Å². The lowest BCUT2D eigenvalue weighted by molar-refractivity contribution is -0.140. The van der Waals surface area contributed by atoms with Crippen LogP contribution < -0.4 is 11.1 Å². The zero-order valence-electron chi connectivity index (χ0n) is 16.3.